The van der Waals surface area contributed by atoms with Gasteiger partial charge in [-0.15, -0.1) is 11.3 Å². The van der Waals surface area contributed by atoms with Gasteiger partial charge in [-0.1, -0.05) is 25.1 Å². The molecule has 0 saturated carbocycles. The van der Waals surface area contributed by atoms with Gasteiger partial charge in [0, 0.05) is 10.9 Å². The van der Waals surface area contributed by atoms with Crippen molar-refractivity contribution in [3.63, 3.8) is 0 Å². The number of halogens is 1. The second-order valence-corrected chi connectivity index (χ2v) is 7.63. The van der Waals surface area contributed by atoms with E-state index >= 15 is 0 Å². The van der Waals surface area contributed by atoms with Gasteiger partial charge in [-0.2, -0.15) is 0 Å². The van der Waals surface area contributed by atoms with E-state index in [0.29, 0.717) is 17.5 Å². The third-order valence-corrected chi connectivity index (χ3v) is 5.35. The topological polar surface area (TPSA) is 60.5 Å². The Hall–Kier alpha value is -2.38. The number of anilines is 1. The first-order valence-electron chi connectivity index (χ1n) is 8.99. The second-order valence-electron chi connectivity index (χ2n) is 5.92. The van der Waals surface area contributed by atoms with Crippen molar-refractivity contribution in [1.29, 1.82) is 0 Å². The number of aromatic nitrogens is 1. The van der Waals surface area contributed by atoms with Crippen LogP contribution in [-0.4, -0.2) is 24.1 Å². The highest BCUT2D eigenvalue weighted by Crippen LogP contribution is 2.32. The minimum Gasteiger partial charge on any atom is -0.493 e. The number of nitrogens with one attached hydrogen (secondary N) is 1. The molecule has 0 aliphatic heterocycles. The number of rotatable bonds is 8. The van der Waals surface area contributed by atoms with Gasteiger partial charge >= 0.3 is 0 Å². The molecule has 3 aromatic rings. The second kappa shape index (κ2) is 9.71. The van der Waals surface area contributed by atoms with E-state index in [4.69, 9.17) is 9.47 Å². The fourth-order valence-corrected chi connectivity index (χ4v) is 3.86. The summed E-state index contributed by atoms with van der Waals surface area (Å²) in [7, 11) is 0. The van der Waals surface area contributed by atoms with E-state index in [-0.39, 0.29) is 12.5 Å². The Morgan fingerprint density at radius 2 is 1.96 bits per heavy atom. The average Bonchev–Trinajstić information content (AvgIpc) is 3.15. The van der Waals surface area contributed by atoms with Gasteiger partial charge < -0.3 is 9.47 Å². The Morgan fingerprint density at radius 1 is 1.14 bits per heavy atom. The monoisotopic (exact) mass is 460 g/mol. The zero-order valence-corrected chi connectivity index (χ0v) is 18.1. The third-order valence-electron chi connectivity index (χ3n) is 3.98. The van der Waals surface area contributed by atoms with Crippen LogP contribution in [0.3, 0.4) is 0 Å². The molecule has 1 N–H and O–H groups in total. The number of hydrogen-bond acceptors (Lipinski definition) is 5. The summed E-state index contributed by atoms with van der Waals surface area (Å²) in [6, 6.07) is 13.6. The molecule has 0 fully saturated rings. The van der Waals surface area contributed by atoms with E-state index in [1.807, 2.05) is 54.8 Å². The van der Waals surface area contributed by atoms with E-state index in [1.165, 1.54) is 16.9 Å². The first-order chi connectivity index (χ1) is 13.6. The van der Waals surface area contributed by atoms with Crippen molar-refractivity contribution in [1.82, 2.24) is 4.98 Å². The summed E-state index contributed by atoms with van der Waals surface area (Å²) in [5.41, 5.74) is 2.87. The highest BCUT2D eigenvalue weighted by atomic mass is 79.9. The van der Waals surface area contributed by atoms with Gasteiger partial charge in [0.05, 0.1) is 16.8 Å². The van der Waals surface area contributed by atoms with Crippen molar-refractivity contribution in [3.8, 4) is 22.8 Å². The van der Waals surface area contributed by atoms with Gasteiger partial charge in [0.15, 0.2) is 11.7 Å². The number of hydrogen-bond donors (Lipinski definition) is 1. The fourth-order valence-electron chi connectivity index (χ4n) is 2.59. The molecule has 1 aromatic heterocycles. The van der Waals surface area contributed by atoms with Gasteiger partial charge in [0.25, 0.3) is 5.91 Å². The molecule has 0 saturated heterocycles. The number of thiazole rings is 1. The van der Waals surface area contributed by atoms with E-state index in [1.54, 1.807) is 0 Å². The van der Waals surface area contributed by atoms with E-state index < -0.39 is 0 Å². The van der Waals surface area contributed by atoms with Crippen LogP contribution >= 0.6 is 27.3 Å². The third kappa shape index (κ3) is 5.11. The van der Waals surface area contributed by atoms with Crippen molar-refractivity contribution in [2.45, 2.75) is 20.3 Å². The zero-order valence-electron chi connectivity index (χ0n) is 15.7. The van der Waals surface area contributed by atoms with Gasteiger partial charge in [-0.3, -0.25) is 10.1 Å². The SMILES string of the molecule is CCOc1ccccc1-c1csc(NC(=O)COc2ccc(CC)cc2Br)n1. The number of benzene rings is 2. The lowest BCUT2D eigenvalue weighted by molar-refractivity contribution is -0.118. The van der Waals surface area contributed by atoms with Crippen molar-refractivity contribution in [3.05, 3.63) is 57.9 Å². The van der Waals surface area contributed by atoms with Gasteiger partial charge in [-0.05, 0) is 59.1 Å². The number of aryl methyl sites for hydroxylation is 1. The molecular formula is C21H21BrN2O3S. The summed E-state index contributed by atoms with van der Waals surface area (Å²) in [5.74, 6) is 1.15. The number of nitrogens with zero attached hydrogens (tertiary/aromatic N) is 1. The maximum atomic E-state index is 12.2. The Labute approximate surface area is 176 Å². The molecule has 0 spiro atoms. The standard InChI is InChI=1S/C21H21BrN2O3S/c1-3-14-9-10-19(16(22)11-14)27-12-20(25)24-21-23-17(13-28-21)15-7-5-6-8-18(15)26-4-2/h5-11,13H,3-4,12H2,1-2H3,(H,23,24,25). The van der Waals surface area contributed by atoms with Crippen LogP contribution in [-0.2, 0) is 11.2 Å². The fraction of sp³-hybridized carbons (Fsp3) is 0.238. The summed E-state index contributed by atoms with van der Waals surface area (Å²) >= 11 is 4.84. The van der Waals surface area contributed by atoms with Gasteiger partial charge in [0.1, 0.15) is 11.5 Å². The minimum atomic E-state index is -0.259. The molecule has 2 aromatic carbocycles. The normalized spacial score (nSPS) is 10.5. The van der Waals surface area contributed by atoms with Crippen LogP contribution in [0.5, 0.6) is 11.5 Å². The molecule has 0 atom stereocenters. The van der Waals surface area contributed by atoms with Crippen molar-refractivity contribution < 1.29 is 14.3 Å². The van der Waals surface area contributed by atoms with E-state index in [2.05, 4.69) is 33.2 Å². The summed E-state index contributed by atoms with van der Waals surface area (Å²) < 4.78 is 12.1. The number of carbonyl (C=O) groups is 1. The molecule has 1 amide bonds. The summed E-state index contributed by atoms with van der Waals surface area (Å²) in [6.07, 6.45) is 0.943. The molecule has 146 valence electrons. The molecular weight excluding hydrogens is 440 g/mol. The van der Waals surface area contributed by atoms with Crippen LogP contribution in [0.15, 0.2) is 52.3 Å². The molecule has 0 unspecified atom stereocenters. The number of carbonyl (C=O) groups excluding carboxylic acids is 1. The van der Waals surface area contributed by atoms with Crippen LogP contribution in [0.4, 0.5) is 5.13 Å². The quantitative estimate of drug-likeness (QED) is 0.478. The molecule has 1 heterocycles. The predicted octanol–water partition coefficient (Wildman–Crippen LogP) is 5.55. The zero-order chi connectivity index (χ0) is 19.9. The highest BCUT2D eigenvalue weighted by Gasteiger charge is 2.12. The number of para-hydroxylation sites is 1. The Morgan fingerprint density at radius 3 is 2.71 bits per heavy atom. The molecule has 3 rings (SSSR count). The lowest BCUT2D eigenvalue weighted by Gasteiger charge is -2.09. The number of amides is 1. The molecule has 28 heavy (non-hydrogen) atoms. The Bertz CT molecular complexity index is 958. The first-order valence-corrected chi connectivity index (χ1v) is 10.7. The molecule has 7 heteroatoms. The predicted molar refractivity (Wildman–Crippen MR) is 116 cm³/mol. The lowest BCUT2D eigenvalue weighted by atomic mass is 10.1. The molecule has 0 aliphatic rings. The molecule has 5 nitrogen and oxygen atoms in total. The van der Waals surface area contributed by atoms with Crippen LogP contribution in [0.25, 0.3) is 11.3 Å². The summed E-state index contributed by atoms with van der Waals surface area (Å²) in [6.45, 7) is 4.52. The van der Waals surface area contributed by atoms with Crippen LogP contribution < -0.4 is 14.8 Å². The Kier molecular flexibility index (Phi) is 7.06. The van der Waals surface area contributed by atoms with Crippen LogP contribution in [0, 0.1) is 0 Å². The molecule has 0 bridgehead atoms. The smallest absolute Gasteiger partial charge is 0.264 e. The number of ether oxygens (including phenoxy) is 2. The van der Waals surface area contributed by atoms with Crippen molar-refractivity contribution >= 4 is 38.3 Å². The maximum absolute atomic E-state index is 12.2. The van der Waals surface area contributed by atoms with Gasteiger partial charge in [0.2, 0.25) is 0 Å². The average molecular weight is 461 g/mol. The van der Waals surface area contributed by atoms with Crippen LogP contribution in [0.1, 0.15) is 19.4 Å². The van der Waals surface area contributed by atoms with Crippen LogP contribution in [0.2, 0.25) is 0 Å². The molecule has 0 aliphatic carbocycles. The van der Waals surface area contributed by atoms with E-state index in [9.17, 15) is 4.79 Å². The van der Waals surface area contributed by atoms with Gasteiger partial charge in [-0.25, -0.2) is 4.98 Å². The highest BCUT2D eigenvalue weighted by molar-refractivity contribution is 9.10. The Balaban J connectivity index is 1.61. The maximum Gasteiger partial charge on any atom is 0.264 e. The van der Waals surface area contributed by atoms with Crippen molar-refractivity contribution in [2.24, 2.45) is 0 Å². The minimum absolute atomic E-state index is 0.0888. The largest absolute Gasteiger partial charge is 0.493 e. The summed E-state index contributed by atoms with van der Waals surface area (Å²) in [4.78, 5) is 16.7. The first kappa shape index (κ1) is 20.4. The summed E-state index contributed by atoms with van der Waals surface area (Å²) in [5, 5.41) is 5.20. The van der Waals surface area contributed by atoms with Crippen molar-refractivity contribution in [2.75, 3.05) is 18.5 Å². The lowest BCUT2D eigenvalue weighted by Crippen LogP contribution is -2.20. The van der Waals surface area contributed by atoms with E-state index in [0.717, 1.165) is 27.9 Å². The molecule has 0 radical (unpaired) electrons.